The molecule has 0 unspecified atom stereocenters. The second-order valence-electron chi connectivity index (χ2n) is 3.82. The first kappa shape index (κ1) is 10.5. The Morgan fingerprint density at radius 1 is 1.22 bits per heavy atom. The minimum absolute atomic E-state index is 0.261. The highest BCUT2D eigenvalue weighted by molar-refractivity contribution is 6.02. The van der Waals surface area contributed by atoms with E-state index in [0.29, 0.717) is 16.7 Å². The smallest absolute Gasteiger partial charge is 0.336 e. The van der Waals surface area contributed by atoms with Crippen molar-refractivity contribution in [3.8, 4) is 5.82 Å². The lowest BCUT2D eigenvalue weighted by Crippen LogP contribution is -2.00. The van der Waals surface area contributed by atoms with E-state index in [1.54, 1.807) is 53.6 Å². The lowest BCUT2D eigenvalue weighted by molar-refractivity contribution is 0.0699. The summed E-state index contributed by atoms with van der Waals surface area (Å²) < 4.78 is 1.77. The summed E-state index contributed by atoms with van der Waals surface area (Å²) >= 11 is 0. The third kappa shape index (κ3) is 1.62. The van der Waals surface area contributed by atoms with Crippen LogP contribution in [0.2, 0.25) is 0 Å². The number of aromatic nitrogens is 3. The summed E-state index contributed by atoms with van der Waals surface area (Å²) in [5.74, 6) is -0.236. The van der Waals surface area contributed by atoms with Crippen LogP contribution in [-0.4, -0.2) is 25.6 Å². The quantitative estimate of drug-likeness (QED) is 0.743. The van der Waals surface area contributed by atoms with Gasteiger partial charge in [0.1, 0.15) is 12.1 Å². The molecule has 1 aromatic carbocycles. The Morgan fingerprint density at radius 2 is 2.11 bits per heavy atom. The first-order valence-corrected chi connectivity index (χ1v) is 5.37. The van der Waals surface area contributed by atoms with Gasteiger partial charge in [-0.2, -0.15) is 0 Å². The molecule has 2 heterocycles. The summed E-state index contributed by atoms with van der Waals surface area (Å²) in [6.07, 6.45) is 5.10. The standard InChI is InChI=1S/C13H9N3O2/c17-13(18)10-2-1-3-11-9(10)4-5-12(15-11)16-7-6-14-8-16/h1-8H,(H,17,18). The van der Waals surface area contributed by atoms with Crippen LogP contribution in [0.3, 0.4) is 0 Å². The molecule has 3 rings (SSSR count). The number of benzene rings is 1. The van der Waals surface area contributed by atoms with Gasteiger partial charge in [0.2, 0.25) is 0 Å². The topological polar surface area (TPSA) is 68.0 Å². The van der Waals surface area contributed by atoms with Gasteiger partial charge in [0.15, 0.2) is 0 Å². The number of carboxylic acids is 1. The molecular weight excluding hydrogens is 230 g/mol. The molecule has 18 heavy (non-hydrogen) atoms. The van der Waals surface area contributed by atoms with E-state index < -0.39 is 5.97 Å². The molecule has 2 aromatic heterocycles. The van der Waals surface area contributed by atoms with Crippen LogP contribution >= 0.6 is 0 Å². The Morgan fingerprint density at radius 3 is 2.83 bits per heavy atom. The molecule has 0 aliphatic carbocycles. The molecule has 0 atom stereocenters. The number of hydrogen-bond acceptors (Lipinski definition) is 3. The van der Waals surface area contributed by atoms with Crippen molar-refractivity contribution >= 4 is 16.9 Å². The molecular formula is C13H9N3O2. The number of fused-ring (bicyclic) bond motifs is 1. The molecule has 5 heteroatoms. The van der Waals surface area contributed by atoms with Crippen LogP contribution in [0.5, 0.6) is 0 Å². The normalized spacial score (nSPS) is 10.7. The molecule has 0 amide bonds. The Labute approximate surface area is 102 Å². The van der Waals surface area contributed by atoms with Crippen molar-refractivity contribution in [3.63, 3.8) is 0 Å². The van der Waals surface area contributed by atoms with Gasteiger partial charge < -0.3 is 5.11 Å². The van der Waals surface area contributed by atoms with Crippen molar-refractivity contribution < 1.29 is 9.90 Å². The second kappa shape index (κ2) is 3.96. The predicted molar refractivity (Wildman–Crippen MR) is 65.8 cm³/mol. The van der Waals surface area contributed by atoms with Crippen molar-refractivity contribution in [3.05, 3.63) is 54.6 Å². The Hall–Kier alpha value is -2.69. The largest absolute Gasteiger partial charge is 0.478 e. The SMILES string of the molecule is O=C(O)c1cccc2nc(-n3ccnc3)ccc12. The zero-order valence-electron chi connectivity index (χ0n) is 9.32. The fourth-order valence-electron chi connectivity index (χ4n) is 1.87. The summed E-state index contributed by atoms with van der Waals surface area (Å²) in [6, 6.07) is 8.60. The van der Waals surface area contributed by atoms with Gasteiger partial charge in [-0.05, 0) is 24.3 Å². The fourth-order valence-corrected chi connectivity index (χ4v) is 1.87. The number of aromatic carboxylic acids is 1. The summed E-state index contributed by atoms with van der Waals surface area (Å²) in [5.41, 5.74) is 0.915. The Bertz CT molecular complexity index is 720. The molecule has 5 nitrogen and oxygen atoms in total. The highest BCUT2D eigenvalue weighted by Gasteiger charge is 2.09. The van der Waals surface area contributed by atoms with Gasteiger partial charge >= 0.3 is 5.97 Å². The first-order valence-electron chi connectivity index (χ1n) is 5.37. The van der Waals surface area contributed by atoms with E-state index in [-0.39, 0.29) is 5.56 Å². The molecule has 0 bridgehead atoms. The fraction of sp³-hybridized carbons (Fsp3) is 0. The average molecular weight is 239 g/mol. The van der Waals surface area contributed by atoms with E-state index in [0.717, 1.165) is 0 Å². The van der Waals surface area contributed by atoms with Crippen molar-refractivity contribution in [2.24, 2.45) is 0 Å². The van der Waals surface area contributed by atoms with Crippen molar-refractivity contribution in [2.45, 2.75) is 0 Å². The average Bonchev–Trinajstić information content (AvgIpc) is 2.91. The van der Waals surface area contributed by atoms with Crippen LogP contribution in [0.1, 0.15) is 10.4 Å². The maximum Gasteiger partial charge on any atom is 0.336 e. The lowest BCUT2D eigenvalue weighted by atomic mass is 10.1. The van der Waals surface area contributed by atoms with E-state index in [2.05, 4.69) is 9.97 Å². The molecule has 0 radical (unpaired) electrons. The van der Waals surface area contributed by atoms with E-state index in [1.807, 2.05) is 0 Å². The van der Waals surface area contributed by atoms with Gasteiger partial charge in [0, 0.05) is 17.8 Å². The van der Waals surface area contributed by atoms with Crippen LogP contribution in [0.25, 0.3) is 16.7 Å². The Balaban J connectivity index is 2.23. The predicted octanol–water partition coefficient (Wildman–Crippen LogP) is 2.12. The lowest BCUT2D eigenvalue weighted by Gasteiger charge is -2.05. The van der Waals surface area contributed by atoms with Gasteiger partial charge in [-0.25, -0.2) is 14.8 Å². The zero-order chi connectivity index (χ0) is 12.5. The molecule has 0 spiro atoms. The molecule has 0 aliphatic rings. The molecule has 0 fully saturated rings. The van der Waals surface area contributed by atoms with E-state index in [4.69, 9.17) is 5.11 Å². The third-order valence-electron chi connectivity index (χ3n) is 2.72. The molecule has 0 saturated carbocycles. The van der Waals surface area contributed by atoms with E-state index in [1.165, 1.54) is 0 Å². The maximum absolute atomic E-state index is 11.1. The maximum atomic E-state index is 11.1. The minimum Gasteiger partial charge on any atom is -0.478 e. The van der Waals surface area contributed by atoms with Gasteiger partial charge in [-0.1, -0.05) is 6.07 Å². The molecule has 88 valence electrons. The Kier molecular flexibility index (Phi) is 2.30. The zero-order valence-corrected chi connectivity index (χ0v) is 9.32. The molecule has 0 aliphatic heterocycles. The van der Waals surface area contributed by atoms with Gasteiger partial charge in [-0.3, -0.25) is 4.57 Å². The number of carboxylic acid groups (broad SMARTS) is 1. The first-order chi connectivity index (χ1) is 8.75. The number of nitrogens with zero attached hydrogens (tertiary/aromatic N) is 3. The number of imidazole rings is 1. The summed E-state index contributed by atoms with van der Waals surface area (Å²) in [5, 5.41) is 9.73. The highest BCUT2D eigenvalue weighted by Crippen LogP contribution is 2.19. The van der Waals surface area contributed by atoms with Crippen LogP contribution in [0.4, 0.5) is 0 Å². The van der Waals surface area contributed by atoms with Crippen LogP contribution in [-0.2, 0) is 0 Å². The van der Waals surface area contributed by atoms with Gasteiger partial charge in [-0.15, -0.1) is 0 Å². The van der Waals surface area contributed by atoms with Crippen molar-refractivity contribution in [2.75, 3.05) is 0 Å². The van der Waals surface area contributed by atoms with Crippen LogP contribution < -0.4 is 0 Å². The number of carbonyl (C=O) groups is 1. The van der Waals surface area contributed by atoms with E-state index in [9.17, 15) is 4.79 Å². The highest BCUT2D eigenvalue weighted by atomic mass is 16.4. The van der Waals surface area contributed by atoms with Crippen LogP contribution in [0.15, 0.2) is 49.1 Å². The summed E-state index contributed by atoms with van der Waals surface area (Å²) in [6.45, 7) is 0. The van der Waals surface area contributed by atoms with Crippen molar-refractivity contribution in [1.29, 1.82) is 0 Å². The summed E-state index contributed by atoms with van der Waals surface area (Å²) in [4.78, 5) is 19.5. The molecule has 3 aromatic rings. The molecule has 0 saturated heterocycles. The number of pyridine rings is 1. The monoisotopic (exact) mass is 239 g/mol. The second-order valence-corrected chi connectivity index (χ2v) is 3.82. The third-order valence-corrected chi connectivity index (χ3v) is 2.72. The van der Waals surface area contributed by atoms with E-state index >= 15 is 0 Å². The number of hydrogen-bond donors (Lipinski definition) is 1. The summed E-state index contributed by atoms with van der Waals surface area (Å²) in [7, 11) is 0. The molecule has 1 N–H and O–H groups in total. The minimum atomic E-state index is -0.946. The van der Waals surface area contributed by atoms with Crippen LogP contribution in [0, 0.1) is 0 Å². The van der Waals surface area contributed by atoms with Gasteiger partial charge in [0.25, 0.3) is 0 Å². The number of rotatable bonds is 2. The van der Waals surface area contributed by atoms with Gasteiger partial charge in [0.05, 0.1) is 11.1 Å². The van der Waals surface area contributed by atoms with Crippen molar-refractivity contribution in [1.82, 2.24) is 14.5 Å².